The Morgan fingerprint density at radius 1 is 1.11 bits per heavy atom. The van der Waals surface area contributed by atoms with Crippen molar-refractivity contribution in [3.05, 3.63) is 98.6 Å². The minimum atomic E-state index is -0.314. The standard InChI is InChI=1S/C29H29ClN4O2S/c1-18-9-10-25(36-3)23(14-18)31-29(35)34-16-22-21-11-13-32(2)17-26(21)37-28(22)33-12-5-8-24(33)27(34)19-6-4-7-20(30)15-19/h4-10,12,14-15,27H,11,13,16-17H2,1-3H3,(H,31,35)/t27-/m0/s1. The molecule has 0 fully saturated rings. The number of methoxy groups -OCH3 is 1. The first-order chi connectivity index (χ1) is 17.9. The minimum absolute atomic E-state index is 0.178. The molecule has 0 bridgehead atoms. The second-order valence-electron chi connectivity index (χ2n) is 9.80. The van der Waals surface area contributed by atoms with Crippen LogP contribution < -0.4 is 10.1 Å². The van der Waals surface area contributed by atoms with Crippen molar-refractivity contribution in [3.8, 4) is 10.8 Å². The number of aryl methyl sites for hydroxylation is 1. The van der Waals surface area contributed by atoms with E-state index in [2.05, 4.69) is 40.2 Å². The number of aromatic nitrogens is 1. The number of rotatable bonds is 3. The molecule has 4 aromatic rings. The summed E-state index contributed by atoms with van der Waals surface area (Å²) in [6.07, 6.45) is 3.10. The van der Waals surface area contributed by atoms with Gasteiger partial charge in [-0.15, -0.1) is 11.3 Å². The van der Waals surface area contributed by atoms with Crippen LogP contribution in [0.4, 0.5) is 10.5 Å². The Kier molecular flexibility index (Phi) is 6.23. The number of ether oxygens (including phenoxy) is 1. The van der Waals surface area contributed by atoms with E-state index in [4.69, 9.17) is 16.3 Å². The summed E-state index contributed by atoms with van der Waals surface area (Å²) in [4.78, 5) is 19.9. The summed E-state index contributed by atoms with van der Waals surface area (Å²) in [5.74, 6) is 0.632. The molecule has 190 valence electrons. The van der Waals surface area contributed by atoms with Crippen LogP contribution in [0, 0.1) is 6.92 Å². The number of hydrogen-bond acceptors (Lipinski definition) is 4. The topological polar surface area (TPSA) is 49.7 Å². The molecule has 1 atom stereocenters. The number of halogens is 1. The van der Waals surface area contributed by atoms with Crippen molar-refractivity contribution in [3.63, 3.8) is 0 Å². The van der Waals surface area contributed by atoms with Gasteiger partial charge in [0.15, 0.2) is 0 Å². The molecule has 6 rings (SSSR count). The van der Waals surface area contributed by atoms with Crippen LogP contribution in [0.3, 0.4) is 0 Å². The van der Waals surface area contributed by atoms with Gasteiger partial charge in [-0.3, -0.25) is 0 Å². The Hall–Kier alpha value is -3.26. The second-order valence-corrected chi connectivity index (χ2v) is 11.3. The molecule has 2 aromatic carbocycles. The second kappa shape index (κ2) is 9.56. The third kappa shape index (κ3) is 4.31. The average molecular weight is 533 g/mol. The highest BCUT2D eigenvalue weighted by molar-refractivity contribution is 7.15. The Balaban J connectivity index is 1.50. The molecule has 2 aliphatic heterocycles. The first-order valence-electron chi connectivity index (χ1n) is 12.4. The maximum absolute atomic E-state index is 14.2. The summed E-state index contributed by atoms with van der Waals surface area (Å²) < 4.78 is 7.82. The number of urea groups is 1. The Morgan fingerprint density at radius 3 is 2.78 bits per heavy atom. The summed E-state index contributed by atoms with van der Waals surface area (Å²) >= 11 is 8.30. The van der Waals surface area contributed by atoms with E-state index in [9.17, 15) is 4.79 Å². The number of carbonyl (C=O) groups excluding carboxylic acids is 1. The minimum Gasteiger partial charge on any atom is -0.495 e. The molecular weight excluding hydrogens is 504 g/mol. The van der Waals surface area contributed by atoms with E-state index in [0.717, 1.165) is 36.3 Å². The number of amides is 2. The number of fused-ring (bicyclic) bond motifs is 5. The summed E-state index contributed by atoms with van der Waals surface area (Å²) in [5, 5.41) is 5.02. The molecule has 0 spiro atoms. The average Bonchev–Trinajstić information content (AvgIpc) is 3.45. The lowest BCUT2D eigenvalue weighted by molar-refractivity contribution is 0.194. The molecule has 2 aromatic heterocycles. The van der Waals surface area contributed by atoms with Crippen LogP contribution in [0.1, 0.15) is 38.9 Å². The van der Waals surface area contributed by atoms with Gasteiger partial charge in [-0.1, -0.05) is 29.8 Å². The molecule has 2 amide bonds. The van der Waals surface area contributed by atoms with Crippen LogP contribution in [-0.4, -0.2) is 41.1 Å². The number of thiophene rings is 1. The van der Waals surface area contributed by atoms with Gasteiger partial charge in [0.1, 0.15) is 10.8 Å². The Bertz CT molecular complexity index is 1490. The highest BCUT2D eigenvalue weighted by atomic mass is 35.5. The van der Waals surface area contributed by atoms with Crippen LogP contribution in [0.15, 0.2) is 60.8 Å². The van der Waals surface area contributed by atoms with Crippen molar-refractivity contribution in [1.82, 2.24) is 14.4 Å². The highest BCUT2D eigenvalue weighted by Gasteiger charge is 2.36. The van der Waals surface area contributed by atoms with Crippen molar-refractivity contribution < 1.29 is 9.53 Å². The zero-order valence-corrected chi connectivity index (χ0v) is 22.7. The van der Waals surface area contributed by atoms with E-state index >= 15 is 0 Å². The fourth-order valence-electron chi connectivity index (χ4n) is 5.49. The third-order valence-electron chi connectivity index (χ3n) is 7.28. The van der Waals surface area contributed by atoms with E-state index in [-0.39, 0.29) is 12.1 Å². The van der Waals surface area contributed by atoms with Crippen molar-refractivity contribution in [2.24, 2.45) is 0 Å². The predicted molar refractivity (Wildman–Crippen MR) is 149 cm³/mol. The van der Waals surface area contributed by atoms with E-state index in [0.29, 0.717) is 23.0 Å². The molecule has 2 aliphatic rings. The maximum Gasteiger partial charge on any atom is 0.323 e. The van der Waals surface area contributed by atoms with Crippen LogP contribution in [0.25, 0.3) is 5.00 Å². The summed E-state index contributed by atoms with van der Waals surface area (Å²) in [6.45, 7) is 4.46. The van der Waals surface area contributed by atoms with Crippen LogP contribution in [0.2, 0.25) is 5.02 Å². The zero-order chi connectivity index (χ0) is 25.7. The number of likely N-dealkylation sites (N-methyl/N-ethyl adjacent to an activating group) is 1. The third-order valence-corrected chi connectivity index (χ3v) is 8.77. The van der Waals surface area contributed by atoms with Gasteiger partial charge in [0.25, 0.3) is 0 Å². The molecule has 4 heterocycles. The van der Waals surface area contributed by atoms with Crippen LogP contribution in [0.5, 0.6) is 5.75 Å². The number of nitrogens with one attached hydrogen (secondary N) is 1. The fourth-order valence-corrected chi connectivity index (χ4v) is 7.13. The van der Waals surface area contributed by atoms with Gasteiger partial charge in [0.2, 0.25) is 0 Å². The van der Waals surface area contributed by atoms with Crippen LogP contribution in [-0.2, 0) is 19.5 Å². The van der Waals surface area contributed by atoms with E-state index in [1.54, 1.807) is 7.11 Å². The number of anilines is 1. The molecule has 0 saturated carbocycles. The van der Waals surface area contributed by atoms with Gasteiger partial charge >= 0.3 is 6.03 Å². The van der Waals surface area contributed by atoms with Crippen molar-refractivity contribution >= 4 is 34.7 Å². The molecule has 0 saturated heterocycles. The fraction of sp³-hybridized carbons (Fsp3) is 0.276. The molecular formula is C29H29ClN4O2S. The number of carbonyl (C=O) groups is 1. The molecule has 0 aliphatic carbocycles. The zero-order valence-electron chi connectivity index (χ0n) is 21.1. The van der Waals surface area contributed by atoms with Crippen molar-refractivity contribution in [2.75, 3.05) is 26.0 Å². The lowest BCUT2D eigenvalue weighted by Crippen LogP contribution is -2.38. The normalized spacial score (nSPS) is 17.0. The van der Waals surface area contributed by atoms with Gasteiger partial charge in [0, 0.05) is 34.7 Å². The molecule has 1 N–H and O–H groups in total. The number of nitrogens with zero attached hydrogens (tertiary/aromatic N) is 3. The SMILES string of the molecule is COc1ccc(C)cc1NC(=O)N1Cc2c(sc3c2CCN(C)C3)-n2cccc2[C@@H]1c1cccc(Cl)c1. The first kappa shape index (κ1) is 24.1. The summed E-state index contributed by atoms with van der Waals surface area (Å²) in [7, 11) is 3.79. The lowest BCUT2D eigenvalue weighted by Gasteiger charge is -2.32. The van der Waals surface area contributed by atoms with Gasteiger partial charge < -0.3 is 24.4 Å². The number of benzene rings is 2. The van der Waals surface area contributed by atoms with E-state index < -0.39 is 0 Å². The summed E-state index contributed by atoms with van der Waals surface area (Å²) in [5.41, 5.74) is 6.34. The van der Waals surface area contributed by atoms with Crippen molar-refractivity contribution in [2.45, 2.75) is 32.5 Å². The molecule has 6 nitrogen and oxygen atoms in total. The van der Waals surface area contributed by atoms with Gasteiger partial charge in [-0.2, -0.15) is 0 Å². The predicted octanol–water partition coefficient (Wildman–Crippen LogP) is 6.63. The summed E-state index contributed by atoms with van der Waals surface area (Å²) in [6, 6.07) is 17.3. The molecule has 8 heteroatoms. The maximum atomic E-state index is 14.2. The first-order valence-corrected chi connectivity index (χ1v) is 13.6. The molecule has 37 heavy (non-hydrogen) atoms. The monoisotopic (exact) mass is 532 g/mol. The quantitative estimate of drug-likeness (QED) is 0.322. The van der Waals surface area contributed by atoms with Crippen molar-refractivity contribution in [1.29, 1.82) is 0 Å². The Morgan fingerprint density at radius 2 is 1.97 bits per heavy atom. The lowest BCUT2D eigenvalue weighted by atomic mass is 10.0. The largest absolute Gasteiger partial charge is 0.495 e. The smallest absolute Gasteiger partial charge is 0.323 e. The van der Waals surface area contributed by atoms with Gasteiger partial charge in [0.05, 0.1) is 31.1 Å². The van der Waals surface area contributed by atoms with E-state index in [1.165, 1.54) is 21.0 Å². The van der Waals surface area contributed by atoms with Gasteiger partial charge in [-0.25, -0.2) is 4.79 Å². The van der Waals surface area contributed by atoms with Gasteiger partial charge in [-0.05, 0) is 73.5 Å². The van der Waals surface area contributed by atoms with E-state index in [1.807, 2.05) is 65.6 Å². The van der Waals surface area contributed by atoms with Crippen LogP contribution >= 0.6 is 22.9 Å². The highest BCUT2D eigenvalue weighted by Crippen LogP contribution is 2.44. The number of hydrogen-bond donors (Lipinski definition) is 1. The Labute approximate surface area is 226 Å². The molecule has 0 radical (unpaired) electrons. The molecule has 0 unspecified atom stereocenters.